The van der Waals surface area contributed by atoms with Gasteiger partial charge in [0, 0.05) is 18.6 Å². The van der Waals surface area contributed by atoms with E-state index in [0.717, 1.165) is 12.6 Å². The van der Waals surface area contributed by atoms with Gasteiger partial charge in [-0.1, -0.05) is 13.3 Å². The summed E-state index contributed by atoms with van der Waals surface area (Å²) in [6, 6.07) is 1.41. The second kappa shape index (κ2) is 4.83. The Morgan fingerprint density at radius 3 is 2.50 bits per heavy atom. The molecular formula is C10H21NO. The van der Waals surface area contributed by atoms with E-state index in [1.807, 2.05) is 0 Å². The zero-order valence-corrected chi connectivity index (χ0v) is 8.29. The van der Waals surface area contributed by atoms with Crippen LogP contribution in [0.4, 0.5) is 0 Å². The quantitative estimate of drug-likeness (QED) is 0.679. The van der Waals surface area contributed by atoms with E-state index >= 15 is 0 Å². The van der Waals surface area contributed by atoms with E-state index in [0.29, 0.717) is 12.6 Å². The number of hydrogen-bond donors (Lipinski definition) is 1. The molecule has 1 saturated carbocycles. The van der Waals surface area contributed by atoms with Gasteiger partial charge in [-0.15, -0.1) is 0 Å². The minimum Gasteiger partial charge on any atom is -0.395 e. The zero-order valence-electron chi connectivity index (χ0n) is 8.29. The van der Waals surface area contributed by atoms with Crippen molar-refractivity contribution in [3.05, 3.63) is 0 Å². The SMILES string of the molecule is CCC(C)N(CCO)C1CCC1. The van der Waals surface area contributed by atoms with Gasteiger partial charge in [0.15, 0.2) is 0 Å². The molecule has 1 aliphatic carbocycles. The van der Waals surface area contributed by atoms with Crippen LogP contribution in [0.15, 0.2) is 0 Å². The molecular weight excluding hydrogens is 150 g/mol. The Labute approximate surface area is 75.6 Å². The van der Waals surface area contributed by atoms with Crippen LogP contribution >= 0.6 is 0 Å². The van der Waals surface area contributed by atoms with E-state index in [9.17, 15) is 0 Å². The third-order valence-corrected chi connectivity index (χ3v) is 3.06. The monoisotopic (exact) mass is 171 g/mol. The fraction of sp³-hybridized carbons (Fsp3) is 1.00. The largest absolute Gasteiger partial charge is 0.395 e. The van der Waals surface area contributed by atoms with Gasteiger partial charge in [-0.3, -0.25) is 4.90 Å². The molecule has 1 fully saturated rings. The van der Waals surface area contributed by atoms with Crippen LogP contribution in [-0.2, 0) is 0 Å². The van der Waals surface area contributed by atoms with Crippen LogP contribution < -0.4 is 0 Å². The van der Waals surface area contributed by atoms with Crippen molar-refractivity contribution in [2.75, 3.05) is 13.2 Å². The fourth-order valence-electron chi connectivity index (χ4n) is 1.83. The maximum atomic E-state index is 8.91. The topological polar surface area (TPSA) is 23.5 Å². The van der Waals surface area contributed by atoms with Crippen LogP contribution in [0.2, 0.25) is 0 Å². The summed E-state index contributed by atoms with van der Waals surface area (Å²) >= 11 is 0. The van der Waals surface area contributed by atoms with Crippen molar-refractivity contribution in [2.24, 2.45) is 0 Å². The first-order chi connectivity index (χ1) is 5.79. The van der Waals surface area contributed by atoms with Crippen molar-refractivity contribution in [1.29, 1.82) is 0 Å². The van der Waals surface area contributed by atoms with Gasteiger partial charge in [-0.2, -0.15) is 0 Å². The standard InChI is InChI=1S/C10H21NO/c1-3-9(2)11(7-8-12)10-5-4-6-10/h9-10,12H,3-8H2,1-2H3. The van der Waals surface area contributed by atoms with Crippen LogP contribution in [0.25, 0.3) is 0 Å². The van der Waals surface area contributed by atoms with Gasteiger partial charge in [0.1, 0.15) is 0 Å². The lowest BCUT2D eigenvalue weighted by Crippen LogP contribution is -2.46. The zero-order chi connectivity index (χ0) is 8.97. The molecule has 0 saturated heterocycles. The maximum absolute atomic E-state index is 8.91. The molecule has 2 heteroatoms. The van der Waals surface area contributed by atoms with Crippen LogP contribution in [0.3, 0.4) is 0 Å². The Morgan fingerprint density at radius 1 is 1.50 bits per heavy atom. The summed E-state index contributed by atoms with van der Waals surface area (Å²) in [7, 11) is 0. The molecule has 1 aliphatic rings. The van der Waals surface area contributed by atoms with Crippen molar-refractivity contribution in [3.63, 3.8) is 0 Å². The highest BCUT2D eigenvalue weighted by Gasteiger charge is 2.26. The van der Waals surface area contributed by atoms with Crippen LogP contribution in [0.5, 0.6) is 0 Å². The third kappa shape index (κ3) is 2.20. The Morgan fingerprint density at radius 2 is 2.17 bits per heavy atom. The molecule has 2 nitrogen and oxygen atoms in total. The second-order valence-corrected chi connectivity index (χ2v) is 3.80. The summed E-state index contributed by atoms with van der Waals surface area (Å²) in [5.41, 5.74) is 0. The Balaban J connectivity index is 2.35. The summed E-state index contributed by atoms with van der Waals surface area (Å²) in [4.78, 5) is 2.46. The van der Waals surface area contributed by atoms with Crippen molar-refractivity contribution in [1.82, 2.24) is 4.90 Å². The maximum Gasteiger partial charge on any atom is 0.0558 e. The molecule has 0 aromatic carbocycles. The summed E-state index contributed by atoms with van der Waals surface area (Å²) < 4.78 is 0. The van der Waals surface area contributed by atoms with Crippen LogP contribution in [0.1, 0.15) is 39.5 Å². The summed E-state index contributed by atoms with van der Waals surface area (Å²) in [5.74, 6) is 0. The van der Waals surface area contributed by atoms with Crippen molar-refractivity contribution < 1.29 is 5.11 Å². The fourth-order valence-corrected chi connectivity index (χ4v) is 1.83. The first kappa shape index (κ1) is 10.0. The number of rotatable bonds is 5. The van der Waals surface area contributed by atoms with Gasteiger partial charge in [-0.05, 0) is 26.2 Å². The Hall–Kier alpha value is -0.0800. The molecule has 0 bridgehead atoms. The first-order valence-corrected chi connectivity index (χ1v) is 5.16. The van der Waals surface area contributed by atoms with Gasteiger partial charge in [0.05, 0.1) is 6.61 Å². The lowest BCUT2D eigenvalue weighted by atomic mass is 9.90. The Kier molecular flexibility index (Phi) is 4.02. The van der Waals surface area contributed by atoms with Gasteiger partial charge >= 0.3 is 0 Å². The minimum absolute atomic E-state index is 0.306. The number of aliphatic hydroxyl groups excluding tert-OH is 1. The molecule has 1 unspecified atom stereocenters. The molecule has 0 amide bonds. The molecule has 0 radical (unpaired) electrons. The highest BCUT2D eigenvalue weighted by molar-refractivity contribution is 4.82. The lowest BCUT2D eigenvalue weighted by molar-refractivity contribution is 0.0651. The normalized spacial score (nSPS) is 21.0. The summed E-state index contributed by atoms with van der Waals surface area (Å²) in [6.07, 6.45) is 5.24. The molecule has 72 valence electrons. The summed E-state index contributed by atoms with van der Waals surface area (Å²) in [6.45, 7) is 5.64. The predicted octanol–water partition coefficient (Wildman–Crippen LogP) is 1.63. The van der Waals surface area contributed by atoms with E-state index in [-0.39, 0.29) is 0 Å². The Bertz CT molecular complexity index is 118. The molecule has 1 atom stereocenters. The second-order valence-electron chi connectivity index (χ2n) is 3.80. The van der Waals surface area contributed by atoms with Crippen LogP contribution in [0, 0.1) is 0 Å². The molecule has 0 aromatic rings. The molecule has 1 N–H and O–H groups in total. The van der Waals surface area contributed by atoms with Crippen LogP contribution in [-0.4, -0.2) is 35.2 Å². The molecule has 0 heterocycles. The number of nitrogens with zero attached hydrogens (tertiary/aromatic N) is 1. The first-order valence-electron chi connectivity index (χ1n) is 5.16. The predicted molar refractivity (Wildman–Crippen MR) is 51.2 cm³/mol. The van der Waals surface area contributed by atoms with E-state index in [1.54, 1.807) is 0 Å². The molecule has 12 heavy (non-hydrogen) atoms. The average Bonchev–Trinajstić information content (AvgIpc) is 1.99. The van der Waals surface area contributed by atoms with Gasteiger partial charge < -0.3 is 5.11 Å². The van der Waals surface area contributed by atoms with Gasteiger partial charge in [0.2, 0.25) is 0 Å². The van der Waals surface area contributed by atoms with E-state index in [2.05, 4.69) is 18.7 Å². The van der Waals surface area contributed by atoms with E-state index < -0.39 is 0 Å². The van der Waals surface area contributed by atoms with Crippen molar-refractivity contribution in [3.8, 4) is 0 Å². The van der Waals surface area contributed by atoms with E-state index in [1.165, 1.54) is 25.7 Å². The third-order valence-electron chi connectivity index (χ3n) is 3.06. The molecule has 0 aliphatic heterocycles. The smallest absolute Gasteiger partial charge is 0.0558 e. The lowest BCUT2D eigenvalue weighted by Gasteiger charge is -2.40. The highest BCUT2D eigenvalue weighted by Crippen LogP contribution is 2.26. The van der Waals surface area contributed by atoms with Crippen molar-refractivity contribution in [2.45, 2.75) is 51.6 Å². The minimum atomic E-state index is 0.306. The molecule has 0 aromatic heterocycles. The average molecular weight is 171 g/mol. The molecule has 0 spiro atoms. The number of aliphatic hydroxyl groups is 1. The van der Waals surface area contributed by atoms with Gasteiger partial charge in [-0.25, -0.2) is 0 Å². The summed E-state index contributed by atoms with van der Waals surface area (Å²) in [5, 5.41) is 8.91. The highest BCUT2D eigenvalue weighted by atomic mass is 16.3. The van der Waals surface area contributed by atoms with E-state index in [4.69, 9.17) is 5.11 Å². The number of hydrogen-bond acceptors (Lipinski definition) is 2. The molecule has 1 rings (SSSR count). The van der Waals surface area contributed by atoms with Gasteiger partial charge in [0.25, 0.3) is 0 Å². The van der Waals surface area contributed by atoms with Crippen molar-refractivity contribution >= 4 is 0 Å².